The van der Waals surface area contributed by atoms with Crippen LogP contribution in [-0.4, -0.2) is 25.0 Å². The van der Waals surface area contributed by atoms with Crippen LogP contribution in [0, 0.1) is 6.92 Å². The highest BCUT2D eigenvalue weighted by Crippen LogP contribution is 2.22. The Hall–Kier alpha value is -0.920. The first-order chi connectivity index (χ1) is 9.03. The van der Waals surface area contributed by atoms with Crippen LogP contribution in [0.15, 0.2) is 27.6 Å². The Bertz CT molecular complexity index is 611. The molecule has 0 saturated carbocycles. The number of halogens is 1. The van der Waals surface area contributed by atoms with Crippen molar-refractivity contribution in [2.24, 2.45) is 0 Å². The molecule has 0 aliphatic heterocycles. The van der Waals surface area contributed by atoms with Crippen LogP contribution in [0.5, 0.6) is 0 Å². The molecule has 0 heterocycles. The molecule has 0 amide bonds. The summed E-state index contributed by atoms with van der Waals surface area (Å²) in [5.41, 5.74) is -0.00529. The lowest BCUT2D eigenvalue weighted by molar-refractivity contribution is -0.137. The van der Waals surface area contributed by atoms with Crippen molar-refractivity contribution in [2.75, 3.05) is 0 Å². The van der Waals surface area contributed by atoms with E-state index in [9.17, 15) is 13.2 Å². The van der Waals surface area contributed by atoms with Crippen LogP contribution in [0.2, 0.25) is 0 Å². The first-order valence-electron chi connectivity index (χ1n) is 6.05. The van der Waals surface area contributed by atoms with E-state index in [0.717, 1.165) is 10.0 Å². The third-order valence-electron chi connectivity index (χ3n) is 2.81. The first-order valence-corrected chi connectivity index (χ1v) is 8.33. The molecule has 0 aliphatic carbocycles. The third-order valence-corrected chi connectivity index (χ3v) is 5.40. The van der Waals surface area contributed by atoms with Crippen LogP contribution >= 0.6 is 15.9 Å². The van der Waals surface area contributed by atoms with E-state index in [1.807, 2.05) is 0 Å². The molecule has 1 rings (SSSR count). The van der Waals surface area contributed by atoms with E-state index in [-0.39, 0.29) is 17.7 Å². The molecule has 7 heteroatoms. The van der Waals surface area contributed by atoms with Gasteiger partial charge in [0, 0.05) is 16.4 Å². The summed E-state index contributed by atoms with van der Waals surface area (Å²) in [6.45, 7) is 5.14. The van der Waals surface area contributed by atoms with E-state index in [1.54, 1.807) is 32.9 Å². The zero-order chi connectivity index (χ0) is 15.6. The molecule has 20 heavy (non-hydrogen) atoms. The second-order valence-electron chi connectivity index (χ2n) is 5.29. The van der Waals surface area contributed by atoms with Crippen LogP contribution < -0.4 is 4.72 Å². The van der Waals surface area contributed by atoms with E-state index in [4.69, 9.17) is 5.11 Å². The summed E-state index contributed by atoms with van der Waals surface area (Å²) < 4.78 is 27.9. The van der Waals surface area contributed by atoms with E-state index in [0.29, 0.717) is 0 Å². The van der Waals surface area contributed by atoms with Crippen molar-refractivity contribution in [3.63, 3.8) is 0 Å². The quantitative estimate of drug-likeness (QED) is 0.813. The van der Waals surface area contributed by atoms with Gasteiger partial charge in [0.2, 0.25) is 10.0 Å². The summed E-state index contributed by atoms with van der Waals surface area (Å²) >= 11 is 3.32. The Kier molecular flexibility index (Phi) is 5.34. The van der Waals surface area contributed by atoms with Crippen LogP contribution in [-0.2, 0) is 14.8 Å². The maximum atomic E-state index is 12.3. The van der Waals surface area contributed by atoms with Gasteiger partial charge in [0.05, 0.1) is 4.90 Å². The molecule has 112 valence electrons. The van der Waals surface area contributed by atoms with E-state index in [2.05, 4.69) is 20.7 Å². The number of hydrogen-bond donors (Lipinski definition) is 2. The fourth-order valence-electron chi connectivity index (χ4n) is 1.68. The van der Waals surface area contributed by atoms with E-state index < -0.39 is 21.5 Å². The molecule has 0 bridgehead atoms. The molecule has 0 atom stereocenters. The summed E-state index contributed by atoms with van der Waals surface area (Å²) in [4.78, 5) is 10.7. The summed E-state index contributed by atoms with van der Waals surface area (Å²) in [6.07, 6.45) is 0.131. The fourth-order valence-corrected chi connectivity index (χ4v) is 3.45. The molecule has 0 fully saturated rings. The lowest BCUT2D eigenvalue weighted by Gasteiger charge is -2.25. The summed E-state index contributed by atoms with van der Waals surface area (Å²) in [5, 5.41) is 8.68. The summed E-state index contributed by atoms with van der Waals surface area (Å²) in [6, 6.07) is 4.75. The van der Waals surface area contributed by atoms with Gasteiger partial charge in [-0.3, -0.25) is 4.79 Å². The normalized spacial score (nSPS) is 12.4. The molecular formula is C13H18BrNO4S. The number of carbonyl (C=O) groups is 1. The molecule has 0 radical (unpaired) electrons. The second-order valence-corrected chi connectivity index (χ2v) is 7.83. The Morgan fingerprint density at radius 3 is 2.50 bits per heavy atom. The van der Waals surface area contributed by atoms with Crippen molar-refractivity contribution in [2.45, 2.75) is 44.0 Å². The zero-order valence-corrected chi connectivity index (χ0v) is 14.0. The van der Waals surface area contributed by atoms with Crippen LogP contribution in [0.1, 0.15) is 32.3 Å². The minimum atomic E-state index is -3.67. The topological polar surface area (TPSA) is 83.5 Å². The Labute approximate surface area is 127 Å². The number of aliphatic carboxylic acids is 1. The molecule has 0 spiro atoms. The molecule has 1 aromatic rings. The van der Waals surface area contributed by atoms with Crippen LogP contribution in [0.4, 0.5) is 0 Å². The minimum absolute atomic E-state index is 0.0884. The van der Waals surface area contributed by atoms with Gasteiger partial charge in [-0.05, 0) is 51.0 Å². The summed E-state index contributed by atoms with van der Waals surface area (Å²) in [5.74, 6) is -0.947. The average Bonchev–Trinajstić information content (AvgIpc) is 2.29. The number of nitrogens with one attached hydrogen (secondary N) is 1. The largest absolute Gasteiger partial charge is 0.481 e. The summed E-state index contributed by atoms with van der Waals surface area (Å²) in [7, 11) is -3.67. The van der Waals surface area contributed by atoms with Crippen LogP contribution in [0.25, 0.3) is 0 Å². The third kappa shape index (κ3) is 4.88. The van der Waals surface area contributed by atoms with Crippen molar-refractivity contribution < 1.29 is 18.3 Å². The van der Waals surface area contributed by atoms with Crippen molar-refractivity contribution in [1.82, 2.24) is 4.72 Å². The minimum Gasteiger partial charge on any atom is -0.481 e. The van der Waals surface area contributed by atoms with Gasteiger partial charge in [-0.15, -0.1) is 0 Å². The van der Waals surface area contributed by atoms with Gasteiger partial charge < -0.3 is 5.11 Å². The molecule has 2 N–H and O–H groups in total. The van der Waals surface area contributed by atoms with Gasteiger partial charge >= 0.3 is 5.97 Å². The predicted molar refractivity (Wildman–Crippen MR) is 80.1 cm³/mol. The van der Waals surface area contributed by atoms with Crippen molar-refractivity contribution >= 4 is 31.9 Å². The number of rotatable bonds is 6. The number of sulfonamides is 1. The Balaban J connectivity index is 2.93. The van der Waals surface area contributed by atoms with Gasteiger partial charge in [0.15, 0.2) is 0 Å². The van der Waals surface area contributed by atoms with Crippen molar-refractivity contribution in [1.29, 1.82) is 0 Å². The van der Waals surface area contributed by atoms with Crippen molar-refractivity contribution in [3.8, 4) is 0 Å². The van der Waals surface area contributed by atoms with Gasteiger partial charge in [-0.2, -0.15) is 0 Å². The van der Waals surface area contributed by atoms with E-state index in [1.165, 1.54) is 6.07 Å². The van der Waals surface area contributed by atoms with Gasteiger partial charge in [-0.1, -0.05) is 15.9 Å². The second kappa shape index (κ2) is 6.24. The number of benzene rings is 1. The number of hydrogen-bond acceptors (Lipinski definition) is 3. The highest BCUT2D eigenvalue weighted by molar-refractivity contribution is 9.10. The highest BCUT2D eigenvalue weighted by Gasteiger charge is 2.27. The molecule has 0 saturated heterocycles. The van der Waals surface area contributed by atoms with Crippen molar-refractivity contribution in [3.05, 3.63) is 28.2 Å². The average molecular weight is 364 g/mol. The first kappa shape index (κ1) is 17.1. The van der Waals surface area contributed by atoms with E-state index >= 15 is 0 Å². The fraction of sp³-hybridized carbons (Fsp3) is 0.462. The maximum Gasteiger partial charge on any atom is 0.303 e. The van der Waals surface area contributed by atoms with Crippen LogP contribution in [0.3, 0.4) is 0 Å². The van der Waals surface area contributed by atoms with Gasteiger partial charge in [0.1, 0.15) is 0 Å². The number of carboxylic acid groups (broad SMARTS) is 1. The number of aryl methyl sites for hydroxylation is 1. The lowest BCUT2D eigenvalue weighted by Crippen LogP contribution is -2.43. The monoisotopic (exact) mass is 363 g/mol. The smallest absolute Gasteiger partial charge is 0.303 e. The molecule has 0 aliphatic rings. The molecule has 0 aromatic heterocycles. The molecule has 5 nitrogen and oxygen atoms in total. The standard InChI is InChI=1S/C13H18BrNO4S/c1-9-8-10(4-5-11(9)14)20(18,19)15-13(2,3)7-6-12(16)17/h4-5,8,15H,6-7H2,1-3H3,(H,16,17). The molecule has 1 aromatic carbocycles. The Morgan fingerprint density at radius 1 is 1.40 bits per heavy atom. The Morgan fingerprint density at radius 2 is 2.00 bits per heavy atom. The van der Waals surface area contributed by atoms with Gasteiger partial charge in [-0.25, -0.2) is 13.1 Å². The predicted octanol–water partition coefficient (Wildman–Crippen LogP) is 2.68. The maximum absolute atomic E-state index is 12.3. The zero-order valence-electron chi connectivity index (χ0n) is 11.6. The highest BCUT2D eigenvalue weighted by atomic mass is 79.9. The molecular weight excluding hydrogens is 346 g/mol. The molecule has 0 unspecified atom stereocenters. The number of carboxylic acids is 1. The SMILES string of the molecule is Cc1cc(S(=O)(=O)NC(C)(C)CCC(=O)O)ccc1Br. The van der Waals surface area contributed by atoms with Gasteiger partial charge in [0.25, 0.3) is 0 Å². The lowest BCUT2D eigenvalue weighted by atomic mass is 10.0.